The topological polar surface area (TPSA) is 134 Å². The number of aliphatic imine (C=N–C) groups is 1. The van der Waals surface area contributed by atoms with Crippen molar-refractivity contribution in [3.63, 3.8) is 0 Å². The number of fused-ring (bicyclic) bond motifs is 1. The number of hydrogen-bond donors (Lipinski definition) is 1. The standard InChI is InChI=1S/C20H22N6O5S/c1-14(23-18-15-5-2-3-6-16(15)32(29,30)24-18)19(28)31-13-17(27)25-9-11-26(12-10-25)20-21-7-4-8-22-20/h2-8,14H,9-13H2,1H3,(H,23,24)/t14-/m0/s1. The maximum atomic E-state index is 12.4. The monoisotopic (exact) mass is 458 g/mol. The number of carbonyl (C=O) groups excluding carboxylic acids is 2. The maximum Gasteiger partial charge on any atom is 0.331 e. The van der Waals surface area contributed by atoms with E-state index in [0.29, 0.717) is 37.7 Å². The van der Waals surface area contributed by atoms with Gasteiger partial charge in [-0.3, -0.25) is 14.5 Å². The van der Waals surface area contributed by atoms with E-state index in [2.05, 4.69) is 19.7 Å². The number of carbonyl (C=O) groups is 2. The lowest BCUT2D eigenvalue weighted by molar-refractivity contribution is -0.152. The molecule has 0 saturated carbocycles. The van der Waals surface area contributed by atoms with Gasteiger partial charge < -0.3 is 14.5 Å². The van der Waals surface area contributed by atoms with Crippen molar-refractivity contribution in [3.05, 3.63) is 48.3 Å². The van der Waals surface area contributed by atoms with Crippen molar-refractivity contribution < 1.29 is 22.7 Å². The third-order valence-electron chi connectivity index (χ3n) is 5.13. The SMILES string of the molecule is C[C@H](N=C1NS(=O)(=O)c2ccccc21)C(=O)OCC(=O)N1CCN(c2ncccn2)CC1. The number of amides is 1. The summed E-state index contributed by atoms with van der Waals surface area (Å²) in [6, 6.07) is 7.11. The number of ether oxygens (including phenoxy) is 1. The highest BCUT2D eigenvalue weighted by Crippen LogP contribution is 2.22. The molecule has 3 heterocycles. The molecule has 32 heavy (non-hydrogen) atoms. The molecule has 0 bridgehead atoms. The van der Waals surface area contributed by atoms with Crippen LogP contribution in [0, 0.1) is 0 Å². The van der Waals surface area contributed by atoms with Crippen LogP contribution in [0.2, 0.25) is 0 Å². The van der Waals surface area contributed by atoms with Crippen LogP contribution in [0.5, 0.6) is 0 Å². The van der Waals surface area contributed by atoms with Gasteiger partial charge in [-0.25, -0.2) is 23.2 Å². The lowest BCUT2D eigenvalue weighted by Gasteiger charge is -2.34. The molecule has 12 heteroatoms. The van der Waals surface area contributed by atoms with Crippen molar-refractivity contribution in [1.29, 1.82) is 0 Å². The highest BCUT2D eigenvalue weighted by atomic mass is 32.2. The van der Waals surface area contributed by atoms with Gasteiger partial charge in [0.25, 0.3) is 15.9 Å². The van der Waals surface area contributed by atoms with Crippen molar-refractivity contribution in [2.24, 2.45) is 4.99 Å². The number of sulfonamides is 1. The van der Waals surface area contributed by atoms with Crippen molar-refractivity contribution in [1.82, 2.24) is 19.6 Å². The van der Waals surface area contributed by atoms with E-state index in [1.54, 1.807) is 41.6 Å². The number of nitrogens with zero attached hydrogens (tertiary/aromatic N) is 5. The summed E-state index contributed by atoms with van der Waals surface area (Å²) in [5, 5.41) is 0. The molecule has 1 N–H and O–H groups in total. The minimum Gasteiger partial charge on any atom is -0.454 e. The van der Waals surface area contributed by atoms with Crippen molar-refractivity contribution in [2.45, 2.75) is 17.9 Å². The summed E-state index contributed by atoms with van der Waals surface area (Å²) in [4.78, 5) is 41.0. The van der Waals surface area contributed by atoms with Gasteiger partial charge in [0.1, 0.15) is 11.9 Å². The number of esters is 1. The molecule has 0 radical (unpaired) electrons. The summed E-state index contributed by atoms with van der Waals surface area (Å²) in [5.74, 6) is -0.330. The van der Waals surface area contributed by atoms with Gasteiger partial charge in [0, 0.05) is 44.1 Å². The van der Waals surface area contributed by atoms with Crippen LogP contribution in [0.3, 0.4) is 0 Å². The minimum absolute atomic E-state index is 0.0793. The summed E-state index contributed by atoms with van der Waals surface area (Å²) >= 11 is 0. The van der Waals surface area contributed by atoms with Gasteiger partial charge in [-0.15, -0.1) is 0 Å². The van der Waals surface area contributed by atoms with E-state index in [4.69, 9.17) is 4.74 Å². The Hall–Kier alpha value is -3.54. The first-order valence-corrected chi connectivity index (χ1v) is 11.5. The molecule has 4 rings (SSSR count). The normalized spacial score (nSPS) is 19.2. The fourth-order valence-corrected chi connectivity index (χ4v) is 4.67. The van der Waals surface area contributed by atoms with Crippen LogP contribution in [-0.2, 0) is 24.3 Å². The minimum atomic E-state index is -3.70. The second-order valence-electron chi connectivity index (χ2n) is 7.28. The molecule has 1 fully saturated rings. The lowest BCUT2D eigenvalue weighted by Crippen LogP contribution is -2.50. The lowest BCUT2D eigenvalue weighted by atomic mass is 10.2. The zero-order valence-corrected chi connectivity index (χ0v) is 18.2. The first-order valence-electron chi connectivity index (χ1n) is 10.0. The van der Waals surface area contributed by atoms with Crippen LogP contribution in [0.15, 0.2) is 52.6 Å². The third-order valence-corrected chi connectivity index (χ3v) is 6.53. The van der Waals surface area contributed by atoms with Crippen LogP contribution in [0.1, 0.15) is 12.5 Å². The molecule has 11 nitrogen and oxygen atoms in total. The van der Waals surface area contributed by atoms with Gasteiger partial charge in [-0.2, -0.15) is 0 Å². The predicted octanol–water partition coefficient (Wildman–Crippen LogP) is -0.204. The van der Waals surface area contributed by atoms with E-state index in [0.717, 1.165) is 0 Å². The van der Waals surface area contributed by atoms with Crippen molar-refractivity contribution >= 4 is 33.7 Å². The molecule has 1 amide bonds. The molecule has 2 aromatic rings. The molecular weight excluding hydrogens is 436 g/mol. The van der Waals surface area contributed by atoms with Gasteiger partial charge in [0.15, 0.2) is 6.61 Å². The quantitative estimate of drug-likeness (QED) is 0.609. The Kier molecular flexibility index (Phi) is 6.04. The Morgan fingerprint density at radius 2 is 1.81 bits per heavy atom. The first-order chi connectivity index (χ1) is 15.3. The second-order valence-corrected chi connectivity index (χ2v) is 8.93. The van der Waals surface area contributed by atoms with E-state index >= 15 is 0 Å². The second kappa shape index (κ2) is 8.91. The Morgan fingerprint density at radius 3 is 2.53 bits per heavy atom. The molecule has 1 aromatic carbocycles. The summed E-state index contributed by atoms with van der Waals surface area (Å²) in [6.07, 6.45) is 3.33. The Labute approximate surface area is 185 Å². The van der Waals surface area contributed by atoms with E-state index in [9.17, 15) is 18.0 Å². The molecule has 0 aliphatic carbocycles. The smallest absolute Gasteiger partial charge is 0.331 e. The maximum absolute atomic E-state index is 12.4. The van der Waals surface area contributed by atoms with Crippen LogP contribution in [0.25, 0.3) is 0 Å². The summed E-state index contributed by atoms with van der Waals surface area (Å²) < 4.78 is 31.8. The Morgan fingerprint density at radius 1 is 1.12 bits per heavy atom. The van der Waals surface area contributed by atoms with Gasteiger partial charge in [0.2, 0.25) is 5.95 Å². The number of anilines is 1. The van der Waals surface area contributed by atoms with Gasteiger partial charge >= 0.3 is 5.97 Å². The van der Waals surface area contributed by atoms with Crippen LogP contribution < -0.4 is 9.62 Å². The fraction of sp³-hybridized carbons (Fsp3) is 0.350. The highest BCUT2D eigenvalue weighted by Gasteiger charge is 2.31. The van der Waals surface area contributed by atoms with E-state index in [-0.39, 0.29) is 16.6 Å². The number of hydrogen-bond acceptors (Lipinski definition) is 9. The van der Waals surface area contributed by atoms with E-state index < -0.39 is 28.6 Å². The summed E-state index contributed by atoms with van der Waals surface area (Å²) in [5.41, 5.74) is 0.392. The van der Waals surface area contributed by atoms with Crippen LogP contribution >= 0.6 is 0 Å². The molecule has 0 unspecified atom stereocenters. The number of piperazine rings is 1. The molecule has 0 spiro atoms. The molecule has 1 aromatic heterocycles. The van der Waals surface area contributed by atoms with Gasteiger partial charge in [-0.05, 0) is 25.1 Å². The van der Waals surface area contributed by atoms with E-state index in [1.807, 2.05) is 4.90 Å². The fourth-order valence-electron chi connectivity index (χ4n) is 3.43. The predicted molar refractivity (Wildman–Crippen MR) is 115 cm³/mol. The van der Waals surface area contributed by atoms with Gasteiger partial charge in [-0.1, -0.05) is 12.1 Å². The molecule has 1 atom stereocenters. The zero-order valence-electron chi connectivity index (χ0n) is 17.3. The number of nitrogens with one attached hydrogen (secondary N) is 1. The number of aromatic nitrogens is 2. The average molecular weight is 459 g/mol. The number of rotatable bonds is 5. The average Bonchev–Trinajstić information content (AvgIpc) is 3.07. The van der Waals surface area contributed by atoms with Crippen LogP contribution in [-0.4, -0.2) is 79.8 Å². The molecular formula is C20H22N6O5S. The molecule has 2 aliphatic heterocycles. The van der Waals surface area contributed by atoms with Gasteiger partial charge in [0.05, 0.1) is 4.90 Å². The number of amidine groups is 1. The summed E-state index contributed by atoms with van der Waals surface area (Å²) in [6.45, 7) is 3.16. The molecule has 1 saturated heterocycles. The number of benzene rings is 1. The van der Waals surface area contributed by atoms with Crippen molar-refractivity contribution in [2.75, 3.05) is 37.7 Å². The Bertz CT molecular complexity index is 1150. The third kappa shape index (κ3) is 4.54. The summed E-state index contributed by atoms with van der Waals surface area (Å²) in [7, 11) is -3.70. The van der Waals surface area contributed by atoms with E-state index in [1.165, 1.54) is 13.0 Å². The molecule has 2 aliphatic rings. The van der Waals surface area contributed by atoms with Crippen molar-refractivity contribution in [3.8, 4) is 0 Å². The van der Waals surface area contributed by atoms with Crippen LogP contribution in [0.4, 0.5) is 5.95 Å². The zero-order chi connectivity index (χ0) is 22.7. The first kappa shape index (κ1) is 21.7. The molecule has 168 valence electrons. The largest absolute Gasteiger partial charge is 0.454 e. The highest BCUT2D eigenvalue weighted by molar-refractivity contribution is 7.90. The Balaban J connectivity index is 1.30.